The van der Waals surface area contributed by atoms with Crippen molar-refractivity contribution in [3.05, 3.63) is 20.9 Å². The van der Waals surface area contributed by atoms with E-state index in [2.05, 4.69) is 10.2 Å². The van der Waals surface area contributed by atoms with Crippen molar-refractivity contribution in [3.63, 3.8) is 0 Å². The van der Waals surface area contributed by atoms with Crippen LogP contribution in [0.4, 0.5) is 0 Å². The highest BCUT2D eigenvalue weighted by Gasteiger charge is 2.31. The second-order valence-electron chi connectivity index (χ2n) is 1.63. The van der Waals surface area contributed by atoms with E-state index in [4.69, 9.17) is 11.1 Å². The first kappa shape index (κ1) is 10.6. The summed E-state index contributed by atoms with van der Waals surface area (Å²) in [6.45, 7) is 0. The molecule has 0 aliphatic rings. The van der Waals surface area contributed by atoms with Crippen LogP contribution in [0.2, 0.25) is 0 Å². The van der Waals surface area contributed by atoms with Gasteiger partial charge in [-0.05, 0) is 11.1 Å². The second kappa shape index (κ2) is 3.81. The molecular formula is C3N6O4-2. The predicted molar refractivity (Wildman–Crippen MR) is 31.0 cm³/mol. The normalized spacial score (nSPS) is 9.23. The van der Waals surface area contributed by atoms with Crippen molar-refractivity contribution in [2.45, 2.75) is 5.66 Å². The molecule has 0 unspecified atom stereocenters. The van der Waals surface area contributed by atoms with E-state index in [1.54, 1.807) is 0 Å². The lowest BCUT2D eigenvalue weighted by Gasteiger charge is -2.24. The van der Waals surface area contributed by atoms with Gasteiger partial charge in [0, 0.05) is 9.82 Å². The number of hydrogen-bond acceptors (Lipinski definition) is 6. The number of carbonyl (C=O) groups excluding carboxylic acids is 2. The van der Waals surface area contributed by atoms with Crippen LogP contribution in [0, 0.1) is 0 Å². The molecular weight excluding hydrogens is 184 g/mol. The summed E-state index contributed by atoms with van der Waals surface area (Å²) in [7, 11) is 0. The Labute approximate surface area is 69.6 Å². The van der Waals surface area contributed by atoms with Crippen LogP contribution in [0.3, 0.4) is 0 Å². The van der Waals surface area contributed by atoms with Gasteiger partial charge in [-0.2, -0.15) is 0 Å². The van der Waals surface area contributed by atoms with Crippen molar-refractivity contribution in [1.82, 2.24) is 0 Å². The van der Waals surface area contributed by atoms with Gasteiger partial charge in [-0.1, -0.05) is 10.2 Å². The molecule has 0 fully saturated rings. The SMILES string of the molecule is [N-]=[N+]=NC(N=[N+]=[N-])(C(=O)[O-])C(=O)[O-]. The number of carboxylic acid groups (broad SMARTS) is 2. The number of rotatable bonds is 4. The Morgan fingerprint density at radius 2 is 1.38 bits per heavy atom. The molecule has 0 radical (unpaired) electrons. The summed E-state index contributed by atoms with van der Waals surface area (Å²) >= 11 is 0. The maximum Gasteiger partial charge on any atom is 0.205 e. The van der Waals surface area contributed by atoms with E-state index < -0.39 is 17.6 Å². The molecule has 0 bridgehead atoms. The molecule has 0 saturated heterocycles. The Hall–Kier alpha value is -2.44. The van der Waals surface area contributed by atoms with E-state index in [0.717, 1.165) is 0 Å². The Kier molecular flexibility index (Phi) is 3.09. The van der Waals surface area contributed by atoms with Gasteiger partial charge in [0.2, 0.25) is 5.66 Å². The van der Waals surface area contributed by atoms with Crippen molar-refractivity contribution in [3.8, 4) is 0 Å². The third-order valence-electron chi connectivity index (χ3n) is 0.948. The van der Waals surface area contributed by atoms with Gasteiger partial charge in [-0.3, -0.25) is 0 Å². The Bertz CT molecular complexity index is 294. The molecule has 0 amide bonds. The Balaban J connectivity index is 5.56. The summed E-state index contributed by atoms with van der Waals surface area (Å²) in [6.07, 6.45) is 0. The number of carboxylic acids is 2. The molecule has 10 nitrogen and oxygen atoms in total. The van der Waals surface area contributed by atoms with Crippen LogP contribution in [0.25, 0.3) is 20.9 Å². The lowest BCUT2D eigenvalue weighted by molar-refractivity contribution is -0.333. The van der Waals surface area contributed by atoms with Crippen molar-refractivity contribution < 1.29 is 19.8 Å². The van der Waals surface area contributed by atoms with Crippen molar-refractivity contribution >= 4 is 11.9 Å². The number of nitrogens with zero attached hydrogens (tertiary/aromatic N) is 6. The molecule has 10 heteroatoms. The zero-order valence-corrected chi connectivity index (χ0v) is 5.82. The van der Waals surface area contributed by atoms with Gasteiger partial charge in [0.25, 0.3) is 0 Å². The lowest BCUT2D eigenvalue weighted by Crippen LogP contribution is -2.56. The van der Waals surface area contributed by atoms with Crippen LogP contribution < -0.4 is 10.2 Å². The third-order valence-corrected chi connectivity index (χ3v) is 0.948. The molecule has 0 aliphatic heterocycles. The fraction of sp³-hybridized carbons (Fsp3) is 0.333. The van der Waals surface area contributed by atoms with Crippen molar-refractivity contribution in [1.29, 1.82) is 0 Å². The van der Waals surface area contributed by atoms with Crippen molar-refractivity contribution in [2.24, 2.45) is 10.2 Å². The third kappa shape index (κ3) is 1.77. The van der Waals surface area contributed by atoms with E-state index in [1.807, 2.05) is 9.82 Å². The van der Waals surface area contributed by atoms with E-state index in [0.29, 0.717) is 0 Å². The molecule has 0 rings (SSSR count). The molecule has 0 N–H and O–H groups in total. The zero-order valence-electron chi connectivity index (χ0n) is 5.82. The number of aliphatic carboxylic acids is 2. The minimum Gasteiger partial charge on any atom is -0.549 e. The fourth-order valence-electron chi connectivity index (χ4n) is 0.396. The summed E-state index contributed by atoms with van der Waals surface area (Å²) < 4.78 is 0. The van der Waals surface area contributed by atoms with E-state index >= 15 is 0 Å². The van der Waals surface area contributed by atoms with Crippen LogP contribution in [-0.4, -0.2) is 17.6 Å². The second-order valence-corrected chi connectivity index (χ2v) is 1.63. The first-order chi connectivity index (χ1) is 6.01. The maximum atomic E-state index is 10.2. The highest BCUT2D eigenvalue weighted by atomic mass is 16.4. The number of azide groups is 1. The van der Waals surface area contributed by atoms with Crippen LogP contribution in [-0.2, 0) is 9.59 Å². The topological polar surface area (TPSA) is 178 Å². The lowest BCUT2D eigenvalue weighted by atomic mass is 10.2. The monoisotopic (exact) mass is 184 g/mol. The average molecular weight is 184 g/mol. The molecule has 0 aromatic heterocycles. The summed E-state index contributed by atoms with van der Waals surface area (Å²) in [6, 6.07) is 0. The molecule has 0 atom stereocenters. The number of carbonyl (C=O) groups is 2. The Morgan fingerprint density at radius 1 is 1.08 bits per heavy atom. The quantitative estimate of drug-likeness (QED) is 0.208. The predicted octanol–water partition coefficient (Wildman–Crippen LogP) is -2.20. The van der Waals surface area contributed by atoms with E-state index in [-0.39, 0.29) is 0 Å². The fourth-order valence-corrected chi connectivity index (χ4v) is 0.396. The number of hydrogen-bond donors (Lipinski definition) is 0. The van der Waals surface area contributed by atoms with E-state index in [1.165, 1.54) is 0 Å². The van der Waals surface area contributed by atoms with Gasteiger partial charge in [0.1, 0.15) is 0 Å². The maximum absolute atomic E-state index is 10.2. The summed E-state index contributed by atoms with van der Waals surface area (Å²) in [4.78, 5) is 24.1. The van der Waals surface area contributed by atoms with Crippen molar-refractivity contribution in [2.75, 3.05) is 0 Å². The Morgan fingerprint density at radius 3 is 1.54 bits per heavy atom. The van der Waals surface area contributed by atoms with Crippen LogP contribution in [0.1, 0.15) is 0 Å². The van der Waals surface area contributed by atoms with Crippen LogP contribution >= 0.6 is 0 Å². The van der Waals surface area contributed by atoms with Gasteiger partial charge in [0.15, 0.2) is 0 Å². The van der Waals surface area contributed by atoms with Gasteiger partial charge in [-0.15, -0.1) is 0 Å². The van der Waals surface area contributed by atoms with Gasteiger partial charge < -0.3 is 19.8 Å². The molecule has 0 saturated carbocycles. The van der Waals surface area contributed by atoms with Crippen LogP contribution in [0.5, 0.6) is 0 Å². The summed E-state index contributed by atoms with van der Waals surface area (Å²) in [5.41, 5.74) is 12.3. The minimum atomic E-state index is -3.37. The molecule has 68 valence electrons. The average Bonchev–Trinajstić information content (AvgIpc) is 2.03. The minimum absolute atomic E-state index is 1.89. The summed E-state index contributed by atoms with van der Waals surface area (Å²) in [5.74, 6) is -4.74. The van der Waals surface area contributed by atoms with Crippen LogP contribution in [0.15, 0.2) is 10.2 Å². The standard InChI is InChI=1S/C3H2N6O4/c4-8-6-3(1(10)11,2(12)13)7-9-5/h(H,10,11)(H,12,13)/p-2. The van der Waals surface area contributed by atoms with E-state index in [9.17, 15) is 19.8 Å². The molecule has 0 aromatic carbocycles. The first-order valence-corrected chi connectivity index (χ1v) is 2.56. The zero-order chi connectivity index (χ0) is 10.5. The first-order valence-electron chi connectivity index (χ1n) is 2.56. The largest absolute Gasteiger partial charge is 0.549 e. The molecule has 0 heterocycles. The highest BCUT2D eigenvalue weighted by molar-refractivity contribution is 6.01. The van der Waals surface area contributed by atoms with Gasteiger partial charge in [-0.25, -0.2) is 0 Å². The summed E-state index contributed by atoms with van der Waals surface area (Å²) in [5, 5.41) is 24.9. The molecule has 0 aromatic rings. The molecule has 0 aliphatic carbocycles. The smallest absolute Gasteiger partial charge is 0.205 e. The highest BCUT2D eigenvalue weighted by Crippen LogP contribution is 2.11. The molecule has 13 heavy (non-hydrogen) atoms. The molecule has 0 spiro atoms. The van der Waals surface area contributed by atoms with Gasteiger partial charge in [0.05, 0.1) is 11.9 Å². The van der Waals surface area contributed by atoms with Gasteiger partial charge >= 0.3 is 0 Å².